The van der Waals surface area contributed by atoms with Gasteiger partial charge in [-0.3, -0.25) is 4.79 Å². The molecule has 0 saturated carbocycles. The van der Waals surface area contributed by atoms with Crippen LogP contribution in [-0.2, 0) is 16.1 Å². The Morgan fingerprint density at radius 2 is 1.52 bits per heavy atom. The van der Waals surface area contributed by atoms with Gasteiger partial charge in [0.2, 0.25) is 0 Å². The van der Waals surface area contributed by atoms with Crippen LogP contribution in [0.4, 0.5) is 5.69 Å². The fraction of sp³-hybridized carbons (Fsp3) is 0.136. The number of ether oxygens (including phenoxy) is 3. The number of esters is 2. The number of furan rings is 1. The maximum atomic E-state index is 12.6. The third-order valence-corrected chi connectivity index (χ3v) is 4.83. The van der Waals surface area contributed by atoms with Crippen LogP contribution in [0.2, 0.25) is 0 Å². The van der Waals surface area contributed by atoms with Gasteiger partial charge in [0.1, 0.15) is 18.1 Å². The Morgan fingerprint density at radius 1 is 0.903 bits per heavy atom. The molecule has 1 heterocycles. The molecule has 0 fully saturated rings. The SMILES string of the molecule is COC(=O)c1cc(NC(=O)c2ccc(COc3ccc(I)cc3)o2)cc(C(=O)OC)c1. The van der Waals surface area contributed by atoms with Gasteiger partial charge in [-0.25, -0.2) is 9.59 Å². The van der Waals surface area contributed by atoms with Crippen molar-refractivity contribution in [3.63, 3.8) is 0 Å². The number of anilines is 1. The molecule has 9 heteroatoms. The molecular formula is C22H18INO7. The van der Waals surface area contributed by atoms with Gasteiger partial charge in [-0.2, -0.15) is 0 Å². The Bertz CT molecular complexity index is 1070. The second-order valence-corrected chi connectivity index (χ2v) is 7.49. The van der Waals surface area contributed by atoms with Crippen LogP contribution in [0.15, 0.2) is 59.0 Å². The number of hydrogen-bond donors (Lipinski definition) is 1. The van der Waals surface area contributed by atoms with Gasteiger partial charge in [-0.1, -0.05) is 0 Å². The summed E-state index contributed by atoms with van der Waals surface area (Å²) in [7, 11) is 2.43. The fourth-order valence-corrected chi connectivity index (χ4v) is 2.99. The van der Waals surface area contributed by atoms with Crippen molar-refractivity contribution in [1.82, 2.24) is 0 Å². The van der Waals surface area contributed by atoms with E-state index in [4.69, 9.17) is 9.15 Å². The first-order valence-corrected chi connectivity index (χ1v) is 10.1. The minimum Gasteiger partial charge on any atom is -0.486 e. The standard InChI is InChI=1S/C22H18INO7/c1-28-21(26)13-9-14(22(27)29-2)11-16(10-13)24-20(25)19-8-7-18(31-19)12-30-17-5-3-15(23)4-6-17/h3-11H,12H2,1-2H3,(H,24,25). The zero-order chi connectivity index (χ0) is 22.4. The van der Waals surface area contributed by atoms with E-state index < -0.39 is 17.8 Å². The number of benzene rings is 2. The Kier molecular flexibility index (Phi) is 7.29. The minimum atomic E-state index is -0.658. The van der Waals surface area contributed by atoms with Gasteiger partial charge in [-0.05, 0) is 77.2 Å². The van der Waals surface area contributed by atoms with E-state index in [9.17, 15) is 14.4 Å². The molecule has 0 unspecified atom stereocenters. The molecular weight excluding hydrogens is 517 g/mol. The smallest absolute Gasteiger partial charge is 0.337 e. The average molecular weight is 535 g/mol. The Balaban J connectivity index is 1.71. The molecule has 0 radical (unpaired) electrons. The third kappa shape index (κ3) is 5.85. The molecule has 0 aliphatic heterocycles. The van der Waals surface area contributed by atoms with Crippen LogP contribution < -0.4 is 10.1 Å². The zero-order valence-corrected chi connectivity index (χ0v) is 18.8. The number of nitrogens with one attached hydrogen (secondary N) is 1. The predicted molar refractivity (Wildman–Crippen MR) is 119 cm³/mol. The summed E-state index contributed by atoms with van der Waals surface area (Å²) < 4.78 is 21.6. The van der Waals surface area contributed by atoms with Crippen molar-refractivity contribution in [1.29, 1.82) is 0 Å². The summed E-state index contributed by atoms with van der Waals surface area (Å²) in [4.78, 5) is 36.3. The van der Waals surface area contributed by atoms with Crippen LogP contribution >= 0.6 is 22.6 Å². The fourth-order valence-electron chi connectivity index (χ4n) is 2.63. The average Bonchev–Trinajstić information content (AvgIpc) is 3.26. The second-order valence-electron chi connectivity index (χ2n) is 6.24. The number of amides is 1. The van der Waals surface area contributed by atoms with Gasteiger partial charge in [0.15, 0.2) is 5.76 Å². The van der Waals surface area contributed by atoms with Crippen molar-refractivity contribution in [3.8, 4) is 5.75 Å². The van der Waals surface area contributed by atoms with E-state index in [1.807, 2.05) is 24.3 Å². The van der Waals surface area contributed by atoms with Crippen molar-refractivity contribution in [2.24, 2.45) is 0 Å². The van der Waals surface area contributed by atoms with Gasteiger partial charge >= 0.3 is 11.9 Å². The van der Waals surface area contributed by atoms with Crippen LogP contribution in [0.25, 0.3) is 0 Å². The van der Waals surface area contributed by atoms with E-state index in [2.05, 4.69) is 37.4 Å². The molecule has 160 valence electrons. The summed E-state index contributed by atoms with van der Waals surface area (Å²) in [6, 6.07) is 14.8. The predicted octanol–water partition coefficient (Wildman–Crippen LogP) is 4.29. The molecule has 31 heavy (non-hydrogen) atoms. The zero-order valence-electron chi connectivity index (χ0n) is 16.6. The van der Waals surface area contributed by atoms with Crippen LogP contribution in [-0.4, -0.2) is 32.1 Å². The third-order valence-electron chi connectivity index (χ3n) is 4.11. The lowest BCUT2D eigenvalue weighted by atomic mass is 10.1. The highest BCUT2D eigenvalue weighted by Crippen LogP contribution is 2.20. The van der Waals surface area contributed by atoms with Gasteiger partial charge < -0.3 is 23.9 Å². The molecule has 3 aromatic rings. The number of hydrogen-bond acceptors (Lipinski definition) is 7. The van der Waals surface area contributed by atoms with E-state index >= 15 is 0 Å². The first kappa shape index (κ1) is 22.3. The summed E-state index contributed by atoms with van der Waals surface area (Å²) >= 11 is 2.20. The summed E-state index contributed by atoms with van der Waals surface area (Å²) in [6.45, 7) is 0.151. The van der Waals surface area contributed by atoms with Gasteiger partial charge in [0.25, 0.3) is 5.91 Å². The summed E-state index contributed by atoms with van der Waals surface area (Å²) in [5, 5.41) is 2.60. The number of rotatable bonds is 7. The van der Waals surface area contributed by atoms with E-state index in [0.717, 1.165) is 3.57 Å². The molecule has 0 bridgehead atoms. The highest BCUT2D eigenvalue weighted by molar-refractivity contribution is 14.1. The van der Waals surface area contributed by atoms with Gasteiger partial charge in [0.05, 0.1) is 25.3 Å². The largest absolute Gasteiger partial charge is 0.486 e. The molecule has 8 nitrogen and oxygen atoms in total. The number of carbonyl (C=O) groups is 3. The van der Waals surface area contributed by atoms with Crippen molar-refractivity contribution >= 4 is 46.1 Å². The van der Waals surface area contributed by atoms with Crippen LogP contribution in [0.5, 0.6) is 5.75 Å². The quantitative estimate of drug-likeness (QED) is 0.356. The molecule has 0 saturated heterocycles. The lowest BCUT2D eigenvalue weighted by Crippen LogP contribution is -2.13. The van der Waals surface area contributed by atoms with E-state index in [1.54, 1.807) is 6.07 Å². The molecule has 1 N–H and O–H groups in total. The first-order valence-electron chi connectivity index (χ1n) is 8.99. The van der Waals surface area contributed by atoms with Crippen LogP contribution in [0.1, 0.15) is 37.0 Å². The first-order chi connectivity index (χ1) is 14.9. The topological polar surface area (TPSA) is 104 Å². The van der Waals surface area contributed by atoms with Gasteiger partial charge in [-0.15, -0.1) is 0 Å². The van der Waals surface area contributed by atoms with Crippen molar-refractivity contribution in [2.75, 3.05) is 19.5 Å². The highest BCUT2D eigenvalue weighted by atomic mass is 127. The van der Waals surface area contributed by atoms with Crippen molar-refractivity contribution < 1.29 is 33.0 Å². The highest BCUT2D eigenvalue weighted by Gasteiger charge is 2.17. The van der Waals surface area contributed by atoms with Crippen LogP contribution in [0, 0.1) is 3.57 Å². The Hall–Kier alpha value is -3.34. The van der Waals surface area contributed by atoms with Crippen molar-refractivity contribution in [3.05, 3.63) is 80.8 Å². The van der Waals surface area contributed by atoms with E-state index in [0.29, 0.717) is 11.5 Å². The second kappa shape index (κ2) is 10.1. The number of halogens is 1. The summed E-state index contributed by atoms with van der Waals surface area (Å²) in [6.07, 6.45) is 0. The lowest BCUT2D eigenvalue weighted by Gasteiger charge is -2.09. The number of methoxy groups -OCH3 is 2. The molecule has 3 rings (SSSR count). The number of carbonyl (C=O) groups excluding carboxylic acids is 3. The molecule has 1 amide bonds. The molecule has 0 aliphatic carbocycles. The van der Waals surface area contributed by atoms with Crippen molar-refractivity contribution in [2.45, 2.75) is 6.61 Å². The maximum Gasteiger partial charge on any atom is 0.337 e. The molecule has 0 atom stereocenters. The minimum absolute atomic E-state index is 0.0456. The molecule has 1 aromatic heterocycles. The molecule has 0 aliphatic rings. The monoisotopic (exact) mass is 535 g/mol. The Labute approximate surface area is 191 Å². The maximum absolute atomic E-state index is 12.6. The molecule has 2 aromatic carbocycles. The van der Waals surface area contributed by atoms with Crippen LogP contribution in [0.3, 0.4) is 0 Å². The molecule has 0 spiro atoms. The van der Waals surface area contributed by atoms with E-state index in [-0.39, 0.29) is 29.2 Å². The normalized spacial score (nSPS) is 10.3. The summed E-state index contributed by atoms with van der Waals surface area (Å²) in [5.41, 5.74) is 0.389. The lowest BCUT2D eigenvalue weighted by molar-refractivity contribution is 0.0599. The van der Waals surface area contributed by atoms with Gasteiger partial charge in [0, 0.05) is 9.26 Å². The van der Waals surface area contributed by atoms with E-state index in [1.165, 1.54) is 38.5 Å². The summed E-state index contributed by atoms with van der Waals surface area (Å²) in [5.74, 6) is -0.689. The Morgan fingerprint density at radius 3 is 2.10 bits per heavy atom.